The topological polar surface area (TPSA) is 27.1 Å². The summed E-state index contributed by atoms with van der Waals surface area (Å²) >= 11 is 1.76. The molecule has 136 valence electrons. The van der Waals surface area contributed by atoms with Gasteiger partial charge < -0.3 is 10.3 Å². The van der Waals surface area contributed by atoms with Gasteiger partial charge in [0.2, 0.25) is 0 Å². The first-order chi connectivity index (χ1) is 13.2. The molecule has 0 unspecified atom stereocenters. The van der Waals surface area contributed by atoms with E-state index >= 15 is 0 Å². The number of hydrogen-bond donors (Lipinski definition) is 1. The summed E-state index contributed by atoms with van der Waals surface area (Å²) in [7, 11) is 0. The van der Waals surface area contributed by atoms with E-state index in [-0.39, 0.29) is 0 Å². The minimum absolute atomic E-state index is 0.542. The second-order valence-corrected chi connectivity index (χ2v) is 7.80. The van der Waals surface area contributed by atoms with Crippen molar-refractivity contribution in [2.45, 2.75) is 17.7 Å². The summed E-state index contributed by atoms with van der Waals surface area (Å²) in [6.45, 7) is 2.33. The van der Waals surface area contributed by atoms with Crippen molar-refractivity contribution in [3.8, 4) is 0 Å². The van der Waals surface area contributed by atoms with Gasteiger partial charge in [-0.2, -0.15) is 0 Å². The van der Waals surface area contributed by atoms with Crippen molar-refractivity contribution in [3.05, 3.63) is 89.5 Å². The Balaban J connectivity index is 1.75. The highest BCUT2D eigenvalue weighted by atomic mass is 32.2. The molecule has 1 saturated heterocycles. The molecule has 1 N–H and O–H groups in total. The van der Waals surface area contributed by atoms with Gasteiger partial charge in [0.05, 0.1) is 5.71 Å². The third-order valence-corrected chi connectivity index (χ3v) is 5.92. The largest absolute Gasteiger partial charge is 0.372 e. The van der Waals surface area contributed by atoms with Gasteiger partial charge in [-0.3, -0.25) is 0 Å². The molecular weight excluding hydrogens is 348 g/mol. The molecule has 27 heavy (non-hydrogen) atoms. The number of hydrogen-bond acceptors (Lipinski definition) is 3. The Morgan fingerprint density at radius 1 is 0.815 bits per heavy atom. The third kappa shape index (κ3) is 3.93. The van der Waals surface area contributed by atoms with Crippen molar-refractivity contribution in [1.82, 2.24) is 0 Å². The van der Waals surface area contributed by atoms with Gasteiger partial charge in [-0.05, 0) is 77.8 Å². The Morgan fingerprint density at radius 3 is 1.93 bits per heavy atom. The van der Waals surface area contributed by atoms with Crippen LogP contribution in [-0.2, 0) is 0 Å². The van der Waals surface area contributed by atoms with Crippen LogP contribution in [0.1, 0.15) is 24.0 Å². The maximum atomic E-state index is 7.80. The van der Waals surface area contributed by atoms with Crippen LogP contribution >= 0.6 is 11.8 Å². The van der Waals surface area contributed by atoms with Crippen molar-refractivity contribution in [1.29, 1.82) is 5.41 Å². The van der Waals surface area contributed by atoms with Crippen LogP contribution in [0.2, 0.25) is 0 Å². The minimum Gasteiger partial charge on any atom is -0.372 e. The Bertz CT molecular complexity index is 894. The lowest BCUT2D eigenvalue weighted by atomic mass is 9.91. The molecule has 1 aliphatic carbocycles. The summed E-state index contributed by atoms with van der Waals surface area (Å²) in [5, 5.41) is 7.80. The highest BCUT2D eigenvalue weighted by Crippen LogP contribution is 2.32. The zero-order valence-corrected chi connectivity index (χ0v) is 16.4. The molecule has 0 bridgehead atoms. The van der Waals surface area contributed by atoms with Crippen LogP contribution in [0.4, 0.5) is 5.69 Å². The van der Waals surface area contributed by atoms with E-state index in [4.69, 9.17) is 5.41 Å². The normalized spacial score (nSPS) is 16.3. The van der Waals surface area contributed by atoms with Gasteiger partial charge in [0.1, 0.15) is 0 Å². The first-order valence-electron chi connectivity index (χ1n) is 9.43. The predicted octanol–water partition coefficient (Wildman–Crippen LogP) is 5.96. The number of nitrogens with one attached hydrogen (secondary N) is 1. The van der Waals surface area contributed by atoms with E-state index in [9.17, 15) is 0 Å². The number of anilines is 1. The molecule has 2 aromatic carbocycles. The molecule has 2 aliphatic rings. The van der Waals surface area contributed by atoms with E-state index in [1.165, 1.54) is 40.1 Å². The molecule has 1 fully saturated rings. The molecule has 2 aromatic rings. The lowest BCUT2D eigenvalue weighted by Crippen LogP contribution is -2.17. The van der Waals surface area contributed by atoms with Gasteiger partial charge >= 0.3 is 0 Å². The van der Waals surface area contributed by atoms with Gasteiger partial charge in [-0.1, -0.05) is 36.4 Å². The third-order valence-electron chi connectivity index (χ3n) is 5.18. The Hall–Kier alpha value is -2.52. The van der Waals surface area contributed by atoms with Crippen molar-refractivity contribution < 1.29 is 0 Å². The molecule has 1 heterocycles. The van der Waals surface area contributed by atoms with E-state index < -0.39 is 0 Å². The number of allylic oxidation sites excluding steroid dienone is 5. The van der Waals surface area contributed by atoms with E-state index in [2.05, 4.69) is 71.8 Å². The molecule has 0 amide bonds. The second-order valence-electron chi connectivity index (χ2n) is 6.92. The monoisotopic (exact) mass is 372 g/mol. The molecule has 2 nitrogen and oxygen atoms in total. The summed E-state index contributed by atoms with van der Waals surface area (Å²) in [4.78, 5) is 3.73. The number of benzene rings is 2. The average Bonchev–Trinajstić information content (AvgIpc) is 3.26. The summed E-state index contributed by atoms with van der Waals surface area (Å²) in [6.07, 6.45) is 12.5. The van der Waals surface area contributed by atoms with E-state index in [1.807, 2.05) is 12.2 Å². The maximum absolute atomic E-state index is 7.80. The smallest absolute Gasteiger partial charge is 0.0540 e. The van der Waals surface area contributed by atoms with E-state index in [1.54, 1.807) is 11.8 Å². The predicted molar refractivity (Wildman–Crippen MR) is 118 cm³/mol. The standard InChI is InChI=1S/C24H24N2S/c1-27-23-14-8-20(9-15-23)24(18-4-10-21(25)11-5-18)19-6-12-22(13-7-19)26-16-2-3-17-26/h4-15,25H,2-3,16-17H2,1H3. The molecule has 4 rings (SSSR count). The number of rotatable bonds is 4. The van der Waals surface area contributed by atoms with Gasteiger partial charge in [0, 0.05) is 23.7 Å². The second kappa shape index (κ2) is 8.01. The van der Waals surface area contributed by atoms with Gasteiger partial charge in [-0.15, -0.1) is 11.8 Å². The Labute approximate surface area is 165 Å². The maximum Gasteiger partial charge on any atom is 0.0540 e. The molecule has 0 saturated carbocycles. The molecule has 3 heteroatoms. The Morgan fingerprint density at radius 2 is 1.37 bits per heavy atom. The van der Waals surface area contributed by atoms with Crippen LogP contribution in [0, 0.1) is 5.41 Å². The summed E-state index contributed by atoms with van der Waals surface area (Å²) < 4.78 is 0. The van der Waals surface area contributed by atoms with E-state index in [0.717, 1.165) is 18.7 Å². The summed E-state index contributed by atoms with van der Waals surface area (Å²) in [5.74, 6) is 0. The first-order valence-corrected chi connectivity index (χ1v) is 10.7. The van der Waals surface area contributed by atoms with Gasteiger partial charge in [0.25, 0.3) is 0 Å². The van der Waals surface area contributed by atoms with Crippen LogP contribution in [0.5, 0.6) is 0 Å². The molecule has 0 spiro atoms. The fourth-order valence-electron chi connectivity index (χ4n) is 3.71. The summed E-state index contributed by atoms with van der Waals surface area (Å²) in [6, 6.07) is 17.7. The zero-order valence-electron chi connectivity index (χ0n) is 15.6. The van der Waals surface area contributed by atoms with Crippen molar-refractivity contribution >= 4 is 28.7 Å². The van der Waals surface area contributed by atoms with Crippen molar-refractivity contribution in [3.63, 3.8) is 0 Å². The van der Waals surface area contributed by atoms with Crippen LogP contribution < -0.4 is 4.90 Å². The molecule has 0 atom stereocenters. The van der Waals surface area contributed by atoms with Crippen LogP contribution in [-0.4, -0.2) is 25.1 Å². The first kappa shape index (κ1) is 17.9. The van der Waals surface area contributed by atoms with E-state index in [0.29, 0.717) is 5.71 Å². The van der Waals surface area contributed by atoms with Gasteiger partial charge in [0.15, 0.2) is 0 Å². The zero-order chi connectivity index (χ0) is 18.6. The molecule has 1 aliphatic heterocycles. The van der Waals surface area contributed by atoms with Crippen molar-refractivity contribution in [2.75, 3.05) is 24.2 Å². The lowest BCUT2D eigenvalue weighted by molar-refractivity contribution is 0.949. The van der Waals surface area contributed by atoms with Crippen LogP contribution in [0.15, 0.2) is 83.3 Å². The quantitative estimate of drug-likeness (QED) is 0.671. The fourth-order valence-corrected chi connectivity index (χ4v) is 4.12. The van der Waals surface area contributed by atoms with Crippen LogP contribution in [0.3, 0.4) is 0 Å². The highest BCUT2D eigenvalue weighted by molar-refractivity contribution is 7.98. The SMILES string of the molecule is CSc1ccc(C(=C2C=CC(=N)C=C2)c2ccc(N3CCCC3)cc2)cc1. The Kier molecular flexibility index (Phi) is 5.30. The number of thioether (sulfide) groups is 1. The summed E-state index contributed by atoms with van der Waals surface area (Å²) in [5.41, 5.74) is 6.65. The molecule has 0 aromatic heterocycles. The lowest BCUT2D eigenvalue weighted by Gasteiger charge is -2.19. The average molecular weight is 373 g/mol. The van der Waals surface area contributed by atoms with Crippen LogP contribution in [0.25, 0.3) is 5.57 Å². The van der Waals surface area contributed by atoms with Crippen molar-refractivity contribution in [2.24, 2.45) is 0 Å². The highest BCUT2D eigenvalue weighted by Gasteiger charge is 2.14. The molecular formula is C24H24N2S. The minimum atomic E-state index is 0.542. The number of nitrogens with zero attached hydrogens (tertiary/aromatic N) is 1. The fraction of sp³-hybridized carbons (Fsp3) is 0.208. The van der Waals surface area contributed by atoms with Gasteiger partial charge in [-0.25, -0.2) is 0 Å². The molecule has 0 radical (unpaired) electrons.